The van der Waals surface area contributed by atoms with Gasteiger partial charge in [-0.25, -0.2) is 35.2 Å². The SMILES string of the molecule is C=S(C)(=O)Nc1nn(C)c2c(-c3cc(I)c(C#CC(C)(C)S(=O)(=O)C4CC4)nc3[C@H](Cc3cc(F)cc(F)c3)NC(=O)Cn3nc(C(F)F)c4c3C(F)(F)[C@@H]3C[C@H]43)ccc(Cl)c12. The van der Waals surface area contributed by atoms with Crippen molar-refractivity contribution in [3.05, 3.63) is 90.5 Å². The number of anilines is 1. The van der Waals surface area contributed by atoms with Gasteiger partial charge in [0, 0.05) is 55.3 Å². The molecular formula is C41H37ClF6IN7O4S2. The maximum absolute atomic E-state index is 15.5. The van der Waals surface area contributed by atoms with Crippen molar-refractivity contribution in [3.8, 4) is 23.0 Å². The molecule has 0 bridgehead atoms. The number of halogens is 8. The van der Waals surface area contributed by atoms with Crippen LogP contribution in [0.3, 0.4) is 0 Å². The van der Waals surface area contributed by atoms with E-state index in [9.17, 15) is 35.0 Å². The molecule has 21 heteroatoms. The van der Waals surface area contributed by atoms with Crippen LogP contribution in [0.15, 0.2) is 36.4 Å². The molecular weight excluding hydrogens is 995 g/mol. The first-order valence-corrected chi connectivity index (χ1v) is 24.3. The number of hydrogen-bond donors (Lipinski definition) is 2. The summed E-state index contributed by atoms with van der Waals surface area (Å²) in [5.41, 5.74) is -0.646. The Labute approximate surface area is 371 Å². The zero-order valence-corrected chi connectivity index (χ0v) is 37.8. The molecule has 1 amide bonds. The van der Waals surface area contributed by atoms with Gasteiger partial charge < -0.3 is 5.32 Å². The van der Waals surface area contributed by atoms with Gasteiger partial charge in [0.1, 0.15) is 40.0 Å². The normalized spacial score (nSPS) is 19.4. The van der Waals surface area contributed by atoms with Crippen molar-refractivity contribution in [1.82, 2.24) is 29.9 Å². The van der Waals surface area contributed by atoms with Gasteiger partial charge >= 0.3 is 0 Å². The Bertz CT molecular complexity index is 3000. The van der Waals surface area contributed by atoms with Crippen LogP contribution < -0.4 is 10.0 Å². The smallest absolute Gasteiger partial charge is 0.293 e. The molecule has 1 unspecified atom stereocenters. The lowest BCUT2D eigenvalue weighted by atomic mass is 9.93. The van der Waals surface area contributed by atoms with Crippen LogP contribution in [-0.4, -0.2) is 65.2 Å². The van der Waals surface area contributed by atoms with Crippen molar-refractivity contribution in [1.29, 1.82) is 0 Å². The number of nitrogens with zero attached hydrogens (tertiary/aromatic N) is 5. The molecule has 2 saturated carbocycles. The predicted molar refractivity (Wildman–Crippen MR) is 232 cm³/mol. The highest BCUT2D eigenvalue weighted by Crippen LogP contribution is 2.68. The van der Waals surface area contributed by atoms with Gasteiger partial charge in [0.2, 0.25) is 5.91 Å². The summed E-state index contributed by atoms with van der Waals surface area (Å²) >= 11 is 8.69. The molecule has 3 aliphatic rings. The summed E-state index contributed by atoms with van der Waals surface area (Å²) in [5, 5.41) is 11.0. The predicted octanol–water partition coefficient (Wildman–Crippen LogP) is 8.00. The van der Waals surface area contributed by atoms with Crippen molar-refractivity contribution in [2.75, 3.05) is 11.0 Å². The molecule has 0 radical (unpaired) electrons. The summed E-state index contributed by atoms with van der Waals surface area (Å²) in [4.78, 5) is 19.0. The van der Waals surface area contributed by atoms with E-state index in [-0.39, 0.29) is 46.2 Å². The van der Waals surface area contributed by atoms with Crippen LogP contribution in [0.25, 0.3) is 22.0 Å². The zero-order chi connectivity index (χ0) is 45.0. The first-order chi connectivity index (χ1) is 28.9. The molecule has 8 rings (SSSR count). The lowest BCUT2D eigenvalue weighted by Crippen LogP contribution is -2.35. The molecule has 0 saturated heterocycles. The summed E-state index contributed by atoms with van der Waals surface area (Å²) in [6.07, 6.45) is -1.14. The second kappa shape index (κ2) is 15.4. The van der Waals surface area contributed by atoms with Crippen LogP contribution in [-0.2, 0) is 50.3 Å². The van der Waals surface area contributed by atoms with E-state index < -0.39 is 95.2 Å². The second-order valence-electron chi connectivity index (χ2n) is 16.4. The summed E-state index contributed by atoms with van der Waals surface area (Å²) in [7, 11) is -4.95. The quantitative estimate of drug-likeness (QED) is 0.0559. The van der Waals surface area contributed by atoms with Gasteiger partial charge in [-0.1, -0.05) is 23.6 Å². The fraction of sp³-hybridized carbons (Fsp3) is 0.390. The van der Waals surface area contributed by atoms with Gasteiger partial charge in [-0.2, -0.15) is 19.0 Å². The van der Waals surface area contributed by atoms with Crippen molar-refractivity contribution >= 4 is 82.2 Å². The van der Waals surface area contributed by atoms with E-state index in [1.54, 1.807) is 25.2 Å². The molecule has 0 aliphatic heterocycles. The Balaban J connectivity index is 1.31. The monoisotopic (exact) mass is 1030 g/mol. The molecule has 2 N–H and O–H groups in total. The van der Waals surface area contributed by atoms with E-state index in [0.717, 1.165) is 12.1 Å². The molecule has 0 spiro atoms. The minimum absolute atomic E-state index is 0.0128. The highest BCUT2D eigenvalue weighted by atomic mass is 127. The third-order valence-electron chi connectivity index (χ3n) is 11.2. The number of alkyl halides is 4. The molecule has 62 heavy (non-hydrogen) atoms. The molecule has 3 aromatic heterocycles. The molecule has 2 aromatic carbocycles. The van der Waals surface area contributed by atoms with Crippen LogP contribution in [0.5, 0.6) is 0 Å². The van der Waals surface area contributed by atoms with Crippen molar-refractivity contribution in [3.63, 3.8) is 0 Å². The van der Waals surface area contributed by atoms with Crippen molar-refractivity contribution in [2.24, 2.45) is 13.0 Å². The standard InChI is InChI=1S/C41H37ClF6IN7O4S2/c1-40(2,62(59,60)22-6-7-22)11-10-29-28(49)17-24(23-8-9-27(42)33-36(23)55(3)53-39(33)54-61(4,5)58)34(51-29)30(14-19-12-20(43)15-21(44)13-19)50-31(57)18-56-37-32(35(52-56)38(45)46)25-16-26(25)41(37,47)48/h8-9,12-13,15,17,22,25-26,30,38H,4,6-7,14,16,18H2,1-3,5H3,(H,50,57)(H,53,54,58)/t25-,26+,30-,61?/m0/s1. The van der Waals surface area contributed by atoms with Crippen LogP contribution >= 0.6 is 34.2 Å². The Morgan fingerprint density at radius 2 is 1.76 bits per heavy atom. The topological polar surface area (TPSA) is 141 Å². The van der Waals surface area contributed by atoms with E-state index in [4.69, 9.17) is 16.6 Å². The molecule has 3 aliphatic carbocycles. The second-order valence-corrected chi connectivity index (χ2v) is 23.0. The number of carbonyl (C=O) groups is 1. The summed E-state index contributed by atoms with van der Waals surface area (Å²) in [5.74, 6) is 1.16. The zero-order valence-electron chi connectivity index (χ0n) is 33.3. The number of amides is 1. The van der Waals surface area contributed by atoms with Crippen LogP contribution in [0.2, 0.25) is 5.02 Å². The highest BCUT2D eigenvalue weighted by Gasteiger charge is 2.67. The number of aryl methyl sites for hydroxylation is 1. The molecule has 4 atom stereocenters. The Morgan fingerprint density at radius 1 is 1.08 bits per heavy atom. The summed E-state index contributed by atoms with van der Waals surface area (Å²) < 4.78 is 132. The Kier molecular flexibility index (Phi) is 11.0. The van der Waals surface area contributed by atoms with Crippen molar-refractivity contribution < 1.29 is 43.8 Å². The first-order valence-electron chi connectivity index (χ1n) is 19.1. The minimum atomic E-state index is -3.68. The van der Waals surface area contributed by atoms with Crippen LogP contribution in [0, 0.1) is 33.0 Å². The number of rotatable bonds is 12. The molecule has 2 fully saturated rings. The summed E-state index contributed by atoms with van der Waals surface area (Å²) in [6, 6.07) is 6.19. The average Bonchev–Trinajstić information content (AvgIpc) is 4.07. The lowest BCUT2D eigenvalue weighted by molar-refractivity contribution is -0.123. The number of hydrogen-bond acceptors (Lipinski definition) is 7. The first kappa shape index (κ1) is 44.3. The number of fused-ring (bicyclic) bond motifs is 4. The summed E-state index contributed by atoms with van der Waals surface area (Å²) in [6.45, 7) is 2.03. The highest BCUT2D eigenvalue weighted by molar-refractivity contribution is 14.1. The Morgan fingerprint density at radius 3 is 2.39 bits per heavy atom. The van der Waals surface area contributed by atoms with Gasteiger partial charge in [0.25, 0.3) is 12.3 Å². The van der Waals surface area contributed by atoms with E-state index in [1.807, 2.05) is 22.6 Å². The number of carbonyl (C=O) groups excluding carboxylic acids is 1. The fourth-order valence-electron chi connectivity index (χ4n) is 8.15. The van der Waals surface area contributed by atoms with Gasteiger partial charge in [0.05, 0.1) is 32.9 Å². The van der Waals surface area contributed by atoms with Gasteiger partial charge in [0.15, 0.2) is 15.7 Å². The Hall–Kier alpha value is -4.33. The van der Waals surface area contributed by atoms with E-state index >= 15 is 8.78 Å². The number of benzene rings is 2. The molecule has 5 aromatic rings. The van der Waals surface area contributed by atoms with Gasteiger partial charge in [-0.05, 0) is 110 Å². The van der Waals surface area contributed by atoms with Crippen molar-refractivity contribution in [2.45, 2.75) is 80.4 Å². The largest absolute Gasteiger partial charge is 0.346 e. The average molecular weight is 1030 g/mol. The molecule has 328 valence electrons. The molecule has 3 heterocycles. The van der Waals surface area contributed by atoms with E-state index in [2.05, 4.69) is 37.9 Å². The maximum Gasteiger partial charge on any atom is 0.293 e. The fourth-order valence-corrected chi connectivity index (χ4v) is 11.3. The minimum Gasteiger partial charge on any atom is -0.346 e. The number of sulfone groups is 1. The van der Waals surface area contributed by atoms with E-state index in [0.29, 0.717) is 49.2 Å². The van der Waals surface area contributed by atoms with E-state index in [1.165, 1.54) is 24.8 Å². The van der Waals surface area contributed by atoms with Crippen LogP contribution in [0.4, 0.5) is 32.2 Å². The van der Waals surface area contributed by atoms with Gasteiger partial charge in [-0.3, -0.25) is 18.9 Å². The third-order valence-corrected chi connectivity index (χ3v) is 15.8. The maximum atomic E-state index is 15.5. The number of aromatic nitrogens is 5. The van der Waals surface area contributed by atoms with Crippen LogP contribution in [0.1, 0.15) is 85.4 Å². The molecule has 11 nitrogen and oxygen atoms in total. The number of pyridine rings is 1. The number of nitrogens with one attached hydrogen (secondary N) is 2. The third kappa shape index (κ3) is 8.06. The van der Waals surface area contributed by atoms with Gasteiger partial charge in [-0.15, -0.1) is 0 Å². The lowest BCUT2D eigenvalue weighted by Gasteiger charge is -2.24.